The van der Waals surface area contributed by atoms with Crippen molar-refractivity contribution in [1.29, 1.82) is 0 Å². The molecule has 2 aromatic heterocycles. The summed E-state index contributed by atoms with van der Waals surface area (Å²) in [6.45, 7) is 3.51. The number of aromatic amines is 1. The number of hydrogen-bond acceptors (Lipinski definition) is 4. The molecule has 0 aliphatic heterocycles. The molecule has 152 valence electrons. The Kier molecular flexibility index (Phi) is 4.29. The fourth-order valence-electron chi connectivity index (χ4n) is 4.78. The highest BCUT2D eigenvalue weighted by Crippen LogP contribution is 2.45. The van der Waals surface area contributed by atoms with Crippen LogP contribution in [-0.4, -0.2) is 21.3 Å². The number of nitrogens with one attached hydrogen (secondary N) is 1. The zero-order valence-electron chi connectivity index (χ0n) is 16.5. The highest BCUT2D eigenvalue weighted by molar-refractivity contribution is 7.15. The second-order valence-electron chi connectivity index (χ2n) is 8.28. The second-order valence-corrected chi connectivity index (χ2v) is 9.42. The van der Waals surface area contributed by atoms with Crippen LogP contribution in [0.15, 0.2) is 15.7 Å². The molecule has 1 fully saturated rings. The quantitative estimate of drug-likeness (QED) is 0.682. The van der Waals surface area contributed by atoms with Gasteiger partial charge in [0.2, 0.25) is 0 Å². The van der Waals surface area contributed by atoms with Gasteiger partial charge in [-0.3, -0.25) is 14.3 Å². The first-order valence-electron chi connectivity index (χ1n) is 10.1. The molecule has 0 bridgehead atoms. The van der Waals surface area contributed by atoms with Crippen molar-refractivity contribution in [2.75, 3.05) is 6.61 Å². The molecule has 2 aliphatic rings. The zero-order valence-corrected chi connectivity index (χ0v) is 17.3. The van der Waals surface area contributed by atoms with Crippen LogP contribution in [0.5, 0.6) is 0 Å². The number of rotatable bonds is 3. The van der Waals surface area contributed by atoms with E-state index in [-0.39, 0.29) is 29.5 Å². The van der Waals surface area contributed by atoms with E-state index >= 15 is 4.39 Å². The fraction of sp³-hybridized carbons (Fsp3) is 0.455. The zero-order chi connectivity index (χ0) is 20.4. The predicted octanol–water partition coefficient (Wildman–Crippen LogP) is 3.92. The van der Waals surface area contributed by atoms with Gasteiger partial charge in [0, 0.05) is 39.4 Å². The number of aryl methyl sites for hydroxylation is 3. The van der Waals surface area contributed by atoms with Gasteiger partial charge in [-0.2, -0.15) is 0 Å². The van der Waals surface area contributed by atoms with Gasteiger partial charge in [0.05, 0.1) is 10.9 Å². The number of nitrogens with zero attached hydrogens (tertiary/aromatic N) is 1. The van der Waals surface area contributed by atoms with Gasteiger partial charge in [-0.05, 0) is 63.1 Å². The number of thiophene rings is 1. The topological polar surface area (TPSA) is 75.1 Å². The van der Waals surface area contributed by atoms with Gasteiger partial charge in [0.25, 0.3) is 5.56 Å². The van der Waals surface area contributed by atoms with E-state index in [9.17, 15) is 14.7 Å². The Balaban J connectivity index is 1.84. The Morgan fingerprint density at radius 2 is 2.00 bits per heavy atom. The van der Waals surface area contributed by atoms with Crippen molar-refractivity contribution in [3.05, 3.63) is 54.3 Å². The van der Waals surface area contributed by atoms with E-state index in [4.69, 9.17) is 0 Å². The SMILES string of the molecule is Cc1c(F)c(-c2cc3c(s2)CCCC3CO)c(C)c2c1c(=O)[nH]c(=O)n2C1CC1. The molecule has 2 N–H and O–H groups in total. The van der Waals surface area contributed by atoms with Crippen molar-refractivity contribution < 1.29 is 9.50 Å². The van der Waals surface area contributed by atoms with Crippen LogP contribution in [-0.2, 0) is 6.42 Å². The van der Waals surface area contributed by atoms with Gasteiger partial charge in [-0.1, -0.05) is 0 Å². The number of benzene rings is 1. The number of aliphatic hydroxyl groups excluding tert-OH is 1. The van der Waals surface area contributed by atoms with Crippen molar-refractivity contribution in [1.82, 2.24) is 9.55 Å². The number of aliphatic hydroxyl groups is 1. The molecule has 2 heterocycles. The van der Waals surface area contributed by atoms with E-state index in [1.54, 1.807) is 29.8 Å². The first-order valence-corrected chi connectivity index (χ1v) is 10.9. The van der Waals surface area contributed by atoms with E-state index in [2.05, 4.69) is 4.98 Å². The molecule has 7 heteroatoms. The van der Waals surface area contributed by atoms with E-state index in [1.165, 1.54) is 4.88 Å². The Morgan fingerprint density at radius 3 is 2.69 bits per heavy atom. The van der Waals surface area contributed by atoms with Crippen molar-refractivity contribution >= 4 is 22.2 Å². The van der Waals surface area contributed by atoms with Gasteiger partial charge in [-0.15, -0.1) is 11.3 Å². The number of aromatic nitrogens is 2. The molecular weight excluding hydrogens is 391 g/mol. The van der Waals surface area contributed by atoms with Crippen LogP contribution in [0.25, 0.3) is 21.3 Å². The molecule has 1 atom stereocenters. The third-order valence-electron chi connectivity index (χ3n) is 6.41. The summed E-state index contributed by atoms with van der Waals surface area (Å²) in [5.41, 5.74) is 2.11. The average Bonchev–Trinajstić information content (AvgIpc) is 3.43. The third-order valence-corrected chi connectivity index (χ3v) is 7.64. The molecule has 0 amide bonds. The van der Waals surface area contributed by atoms with Gasteiger partial charge < -0.3 is 5.11 Å². The van der Waals surface area contributed by atoms with Gasteiger partial charge >= 0.3 is 5.69 Å². The summed E-state index contributed by atoms with van der Waals surface area (Å²) in [5.74, 6) is -0.304. The summed E-state index contributed by atoms with van der Waals surface area (Å²) >= 11 is 1.57. The number of H-pyrrole nitrogens is 1. The Bertz CT molecular complexity index is 1270. The van der Waals surface area contributed by atoms with E-state index in [1.807, 2.05) is 6.07 Å². The standard InChI is InChI=1S/C22H23FN2O3S/c1-10-18-20(25(13-6-7-13)22(28)24-21(18)27)11(2)17(19(10)23)16-8-14-12(9-26)4-3-5-15(14)29-16/h8,12-13,26H,3-7,9H2,1-2H3,(H,24,27,28). The van der Waals surface area contributed by atoms with Crippen LogP contribution < -0.4 is 11.2 Å². The van der Waals surface area contributed by atoms with Crippen LogP contribution in [0.3, 0.4) is 0 Å². The lowest BCUT2D eigenvalue weighted by atomic mass is 9.87. The lowest BCUT2D eigenvalue weighted by Crippen LogP contribution is -2.31. The molecule has 1 saturated carbocycles. The molecule has 0 radical (unpaired) electrons. The number of fused-ring (bicyclic) bond motifs is 2. The van der Waals surface area contributed by atoms with Crippen molar-refractivity contribution in [2.45, 2.75) is 57.9 Å². The number of halogens is 1. The van der Waals surface area contributed by atoms with Crippen molar-refractivity contribution in [3.63, 3.8) is 0 Å². The minimum absolute atomic E-state index is 0.0635. The Hall–Kier alpha value is -2.25. The molecule has 2 aliphatic carbocycles. The molecule has 0 saturated heterocycles. The summed E-state index contributed by atoms with van der Waals surface area (Å²) in [6.07, 6.45) is 4.67. The van der Waals surface area contributed by atoms with E-state index in [0.29, 0.717) is 16.6 Å². The lowest BCUT2D eigenvalue weighted by Gasteiger charge is -2.19. The molecule has 5 rings (SSSR count). The summed E-state index contributed by atoms with van der Waals surface area (Å²) in [4.78, 5) is 29.5. The lowest BCUT2D eigenvalue weighted by molar-refractivity contribution is 0.253. The summed E-state index contributed by atoms with van der Waals surface area (Å²) in [6, 6.07) is 2.07. The molecule has 1 aromatic carbocycles. The normalized spacial score (nSPS) is 19.0. The van der Waals surface area contributed by atoms with Crippen molar-refractivity contribution in [3.8, 4) is 10.4 Å². The highest BCUT2D eigenvalue weighted by Gasteiger charge is 2.31. The highest BCUT2D eigenvalue weighted by atomic mass is 32.1. The average molecular weight is 415 g/mol. The maximum absolute atomic E-state index is 15.6. The maximum Gasteiger partial charge on any atom is 0.329 e. The first kappa shape index (κ1) is 18.8. The van der Waals surface area contributed by atoms with Crippen LogP contribution in [0.1, 0.15) is 59.2 Å². The van der Waals surface area contributed by atoms with Gasteiger partial charge in [0.1, 0.15) is 5.82 Å². The van der Waals surface area contributed by atoms with Crippen LogP contribution >= 0.6 is 11.3 Å². The van der Waals surface area contributed by atoms with E-state index < -0.39 is 17.1 Å². The van der Waals surface area contributed by atoms with Crippen molar-refractivity contribution in [2.24, 2.45) is 0 Å². The van der Waals surface area contributed by atoms with Gasteiger partial charge in [0.15, 0.2) is 0 Å². The minimum Gasteiger partial charge on any atom is -0.396 e. The maximum atomic E-state index is 15.6. The minimum atomic E-state index is -0.529. The fourth-order valence-corrected chi connectivity index (χ4v) is 6.17. The monoisotopic (exact) mass is 414 g/mol. The Morgan fingerprint density at radius 1 is 1.24 bits per heavy atom. The molecule has 0 spiro atoms. The number of hydrogen-bond donors (Lipinski definition) is 2. The second kappa shape index (κ2) is 6.64. The smallest absolute Gasteiger partial charge is 0.329 e. The predicted molar refractivity (Wildman–Crippen MR) is 113 cm³/mol. The molecular formula is C22H23FN2O3S. The Labute approximate surface area is 170 Å². The summed E-state index contributed by atoms with van der Waals surface area (Å²) in [5, 5.41) is 10.0. The largest absolute Gasteiger partial charge is 0.396 e. The molecule has 3 aromatic rings. The van der Waals surface area contributed by atoms with Crippen LogP contribution in [0.2, 0.25) is 0 Å². The summed E-state index contributed by atoms with van der Waals surface area (Å²) < 4.78 is 17.2. The molecule has 5 nitrogen and oxygen atoms in total. The van der Waals surface area contributed by atoms with E-state index in [0.717, 1.165) is 42.5 Å². The summed E-state index contributed by atoms with van der Waals surface area (Å²) in [7, 11) is 0. The van der Waals surface area contributed by atoms with Crippen LogP contribution in [0.4, 0.5) is 4.39 Å². The molecule has 29 heavy (non-hydrogen) atoms. The third kappa shape index (κ3) is 2.74. The van der Waals surface area contributed by atoms with Crippen LogP contribution in [0, 0.1) is 19.7 Å². The first-order chi connectivity index (χ1) is 13.9. The molecule has 1 unspecified atom stereocenters. The van der Waals surface area contributed by atoms with Gasteiger partial charge in [-0.25, -0.2) is 9.18 Å².